The van der Waals surface area contributed by atoms with Crippen LogP contribution in [0.15, 0.2) is 29.1 Å². The van der Waals surface area contributed by atoms with E-state index in [1.807, 2.05) is 0 Å². The molecule has 1 heterocycles. The van der Waals surface area contributed by atoms with E-state index in [1.165, 1.54) is 16.7 Å². The van der Waals surface area contributed by atoms with E-state index in [4.69, 9.17) is 5.73 Å². The lowest BCUT2D eigenvalue weighted by molar-refractivity contribution is 0.629. The summed E-state index contributed by atoms with van der Waals surface area (Å²) in [6.07, 6.45) is 0. The van der Waals surface area contributed by atoms with Crippen molar-refractivity contribution in [2.75, 3.05) is 0 Å². The highest BCUT2D eigenvalue weighted by molar-refractivity contribution is 5.79. The first kappa shape index (κ1) is 10.8. The van der Waals surface area contributed by atoms with Crippen molar-refractivity contribution >= 4 is 10.9 Å². The van der Waals surface area contributed by atoms with E-state index in [0.29, 0.717) is 16.5 Å². The van der Waals surface area contributed by atoms with Crippen LogP contribution in [0.2, 0.25) is 0 Å². The Kier molecular flexibility index (Phi) is 2.52. The van der Waals surface area contributed by atoms with Gasteiger partial charge in [-0.1, -0.05) is 0 Å². The number of pyridine rings is 1. The first-order valence-corrected chi connectivity index (χ1v) is 5.05. The van der Waals surface area contributed by atoms with E-state index >= 15 is 0 Å². The van der Waals surface area contributed by atoms with Gasteiger partial charge in [-0.25, -0.2) is 4.39 Å². The molecule has 4 heteroatoms. The second-order valence-electron chi connectivity index (χ2n) is 3.96. The summed E-state index contributed by atoms with van der Waals surface area (Å²) < 4.78 is 14.6. The molecule has 0 radical (unpaired) electrons. The van der Waals surface area contributed by atoms with Crippen LogP contribution in [-0.4, -0.2) is 4.57 Å². The zero-order valence-electron chi connectivity index (χ0n) is 9.20. The van der Waals surface area contributed by atoms with Crippen molar-refractivity contribution < 1.29 is 4.39 Å². The molecule has 0 bridgehead atoms. The van der Waals surface area contributed by atoms with Gasteiger partial charge in [0.1, 0.15) is 5.82 Å². The Hall–Kier alpha value is -1.68. The van der Waals surface area contributed by atoms with E-state index in [1.54, 1.807) is 26.1 Å². The zero-order valence-corrected chi connectivity index (χ0v) is 9.20. The molecule has 0 spiro atoms. The van der Waals surface area contributed by atoms with Crippen LogP contribution in [0.3, 0.4) is 0 Å². The monoisotopic (exact) mass is 220 g/mol. The molecule has 1 unspecified atom stereocenters. The molecule has 84 valence electrons. The quantitative estimate of drug-likeness (QED) is 0.795. The number of rotatable bonds is 1. The third-order valence-electron chi connectivity index (χ3n) is 2.70. The molecule has 2 aromatic rings. The van der Waals surface area contributed by atoms with Gasteiger partial charge in [0.2, 0.25) is 0 Å². The van der Waals surface area contributed by atoms with Gasteiger partial charge in [0.25, 0.3) is 5.56 Å². The highest BCUT2D eigenvalue weighted by Gasteiger charge is 2.10. The van der Waals surface area contributed by atoms with Crippen LogP contribution in [0.4, 0.5) is 4.39 Å². The van der Waals surface area contributed by atoms with E-state index in [2.05, 4.69) is 0 Å². The summed E-state index contributed by atoms with van der Waals surface area (Å²) in [5, 5.41) is 0.689. The predicted molar refractivity (Wildman–Crippen MR) is 61.7 cm³/mol. The van der Waals surface area contributed by atoms with Crippen molar-refractivity contribution in [1.82, 2.24) is 4.57 Å². The van der Waals surface area contributed by atoms with Gasteiger partial charge in [-0.3, -0.25) is 4.79 Å². The summed E-state index contributed by atoms with van der Waals surface area (Å²) >= 11 is 0. The van der Waals surface area contributed by atoms with Crippen LogP contribution in [0.5, 0.6) is 0 Å². The molecule has 1 aromatic carbocycles. The minimum absolute atomic E-state index is 0.130. The van der Waals surface area contributed by atoms with Gasteiger partial charge >= 0.3 is 0 Å². The SMILES string of the molecule is CC(N)c1cc2cc(F)ccc2n(C)c1=O. The Morgan fingerprint density at radius 2 is 2.06 bits per heavy atom. The van der Waals surface area contributed by atoms with Crippen molar-refractivity contribution in [3.63, 3.8) is 0 Å². The highest BCUT2D eigenvalue weighted by atomic mass is 19.1. The van der Waals surface area contributed by atoms with Gasteiger partial charge in [-0.15, -0.1) is 0 Å². The second-order valence-corrected chi connectivity index (χ2v) is 3.96. The van der Waals surface area contributed by atoms with Gasteiger partial charge in [0, 0.05) is 24.0 Å². The molecule has 2 N–H and O–H groups in total. The fraction of sp³-hybridized carbons (Fsp3) is 0.250. The normalized spacial score (nSPS) is 13.0. The van der Waals surface area contributed by atoms with Crippen molar-refractivity contribution in [2.45, 2.75) is 13.0 Å². The average Bonchev–Trinajstić information content (AvgIpc) is 2.22. The summed E-state index contributed by atoms with van der Waals surface area (Å²) in [6, 6.07) is 5.64. The maximum absolute atomic E-state index is 13.1. The molecular weight excluding hydrogens is 207 g/mol. The lowest BCUT2D eigenvalue weighted by Gasteiger charge is -2.10. The minimum Gasteiger partial charge on any atom is -0.324 e. The van der Waals surface area contributed by atoms with Gasteiger partial charge in [0.15, 0.2) is 0 Å². The molecule has 2 rings (SSSR count). The van der Waals surface area contributed by atoms with Crippen LogP contribution in [0, 0.1) is 5.82 Å². The first-order valence-electron chi connectivity index (χ1n) is 5.05. The van der Waals surface area contributed by atoms with E-state index < -0.39 is 0 Å². The number of hydrogen-bond donors (Lipinski definition) is 1. The smallest absolute Gasteiger partial charge is 0.255 e. The van der Waals surface area contributed by atoms with Gasteiger partial charge in [0.05, 0.1) is 5.52 Å². The summed E-state index contributed by atoms with van der Waals surface area (Å²) in [5.74, 6) is -0.318. The summed E-state index contributed by atoms with van der Waals surface area (Å²) in [7, 11) is 1.66. The van der Waals surface area contributed by atoms with Crippen molar-refractivity contribution in [2.24, 2.45) is 12.8 Å². The standard InChI is InChI=1S/C12H13FN2O/c1-7(14)10-6-8-5-9(13)3-4-11(8)15(2)12(10)16/h3-7H,14H2,1-2H3. The van der Waals surface area contributed by atoms with Crippen LogP contribution < -0.4 is 11.3 Å². The number of hydrogen-bond acceptors (Lipinski definition) is 2. The third-order valence-corrected chi connectivity index (χ3v) is 2.70. The highest BCUT2D eigenvalue weighted by Crippen LogP contribution is 2.16. The van der Waals surface area contributed by atoms with Crippen LogP contribution in [0.1, 0.15) is 18.5 Å². The molecule has 1 aromatic heterocycles. The number of benzene rings is 1. The molecule has 0 fully saturated rings. The fourth-order valence-corrected chi connectivity index (χ4v) is 1.80. The molecule has 0 saturated heterocycles. The van der Waals surface area contributed by atoms with Gasteiger partial charge in [-0.2, -0.15) is 0 Å². The first-order chi connectivity index (χ1) is 7.50. The maximum Gasteiger partial charge on any atom is 0.255 e. The Balaban J connectivity index is 2.89. The van der Waals surface area contributed by atoms with E-state index in [-0.39, 0.29) is 17.4 Å². The van der Waals surface area contributed by atoms with E-state index in [9.17, 15) is 9.18 Å². The second kappa shape index (κ2) is 3.72. The summed E-state index contributed by atoms with van der Waals surface area (Å²) in [4.78, 5) is 11.9. The maximum atomic E-state index is 13.1. The van der Waals surface area contributed by atoms with Crippen LogP contribution >= 0.6 is 0 Å². The number of nitrogens with two attached hydrogens (primary N) is 1. The number of aromatic nitrogens is 1. The number of aryl methyl sites for hydroxylation is 1. The zero-order chi connectivity index (χ0) is 11.9. The number of nitrogens with zero attached hydrogens (tertiary/aromatic N) is 1. The molecule has 0 aliphatic rings. The topological polar surface area (TPSA) is 48.0 Å². The van der Waals surface area contributed by atoms with E-state index in [0.717, 1.165) is 0 Å². The minimum atomic E-state index is -0.355. The molecular formula is C12H13FN2O. The van der Waals surface area contributed by atoms with Crippen molar-refractivity contribution in [1.29, 1.82) is 0 Å². The molecule has 16 heavy (non-hydrogen) atoms. The summed E-state index contributed by atoms with van der Waals surface area (Å²) in [6.45, 7) is 1.74. The Bertz CT molecular complexity index is 602. The molecule has 3 nitrogen and oxygen atoms in total. The Morgan fingerprint density at radius 1 is 1.38 bits per heavy atom. The van der Waals surface area contributed by atoms with Crippen molar-refractivity contribution in [3.05, 3.63) is 46.0 Å². The molecule has 0 aliphatic heterocycles. The molecule has 0 saturated carbocycles. The molecule has 1 atom stereocenters. The van der Waals surface area contributed by atoms with Gasteiger partial charge in [-0.05, 0) is 31.2 Å². The van der Waals surface area contributed by atoms with Gasteiger partial charge < -0.3 is 10.3 Å². The van der Waals surface area contributed by atoms with Crippen molar-refractivity contribution in [3.8, 4) is 0 Å². The lowest BCUT2D eigenvalue weighted by Crippen LogP contribution is -2.25. The Labute approximate surface area is 92.3 Å². The predicted octanol–water partition coefficient (Wildman–Crippen LogP) is 1.70. The third kappa shape index (κ3) is 1.61. The average molecular weight is 220 g/mol. The lowest BCUT2D eigenvalue weighted by atomic mass is 10.1. The van der Waals surface area contributed by atoms with Crippen LogP contribution in [0.25, 0.3) is 10.9 Å². The number of fused-ring (bicyclic) bond motifs is 1. The number of halogens is 1. The molecule has 0 amide bonds. The largest absolute Gasteiger partial charge is 0.324 e. The van der Waals surface area contributed by atoms with Crippen LogP contribution in [-0.2, 0) is 7.05 Å². The summed E-state index contributed by atoms with van der Waals surface area (Å²) in [5.41, 5.74) is 6.78. The Morgan fingerprint density at radius 3 is 2.69 bits per heavy atom. The fourth-order valence-electron chi connectivity index (χ4n) is 1.80. The molecule has 0 aliphatic carbocycles.